The Morgan fingerprint density at radius 1 is 1.12 bits per heavy atom. The van der Waals surface area contributed by atoms with Crippen molar-refractivity contribution >= 4 is 29.1 Å². The van der Waals surface area contributed by atoms with Gasteiger partial charge in [0.05, 0.1) is 11.1 Å². The number of rotatable bonds is 7. The molecule has 7 nitrogen and oxygen atoms in total. The van der Waals surface area contributed by atoms with Crippen LogP contribution in [0.4, 0.5) is 0 Å². The van der Waals surface area contributed by atoms with E-state index in [0.29, 0.717) is 60.1 Å². The van der Waals surface area contributed by atoms with Crippen LogP contribution in [0.15, 0.2) is 53.1 Å². The van der Waals surface area contributed by atoms with Crippen molar-refractivity contribution in [2.45, 2.75) is 19.4 Å². The van der Waals surface area contributed by atoms with Crippen LogP contribution < -0.4 is 4.74 Å². The number of carbonyl (C=O) groups is 1. The van der Waals surface area contributed by atoms with Gasteiger partial charge in [-0.15, -0.1) is 0 Å². The number of amides is 1. The Hall–Kier alpha value is -2.61. The highest BCUT2D eigenvalue weighted by Crippen LogP contribution is 2.27. The van der Waals surface area contributed by atoms with Crippen molar-refractivity contribution < 1.29 is 14.1 Å². The van der Waals surface area contributed by atoms with Crippen LogP contribution in [0, 0.1) is 0 Å². The maximum atomic E-state index is 12.5. The summed E-state index contributed by atoms with van der Waals surface area (Å²) in [6.07, 6.45) is 0.636. The number of ether oxygens (including phenoxy) is 1. The number of carbonyl (C=O) groups excluding carboxylic acids is 1. The van der Waals surface area contributed by atoms with Crippen LogP contribution in [-0.2, 0) is 11.2 Å². The van der Waals surface area contributed by atoms with Crippen LogP contribution in [-0.4, -0.2) is 58.6 Å². The second-order valence-corrected chi connectivity index (χ2v) is 8.51. The summed E-state index contributed by atoms with van der Waals surface area (Å²) in [5, 5.41) is 5.03. The molecule has 1 aliphatic rings. The van der Waals surface area contributed by atoms with Gasteiger partial charge in [-0.2, -0.15) is 4.98 Å². The van der Waals surface area contributed by atoms with Crippen molar-refractivity contribution in [3.63, 3.8) is 0 Å². The van der Waals surface area contributed by atoms with Gasteiger partial charge in [0.15, 0.2) is 12.4 Å². The number of nitrogens with zero attached hydrogens (tertiary/aromatic N) is 4. The van der Waals surface area contributed by atoms with Gasteiger partial charge in [-0.3, -0.25) is 9.69 Å². The van der Waals surface area contributed by atoms with Gasteiger partial charge < -0.3 is 14.2 Å². The Morgan fingerprint density at radius 2 is 1.88 bits per heavy atom. The minimum absolute atomic E-state index is 0.0200. The third-order valence-corrected chi connectivity index (χ3v) is 6.04. The van der Waals surface area contributed by atoms with Gasteiger partial charge >= 0.3 is 0 Å². The molecule has 0 radical (unpaired) electrons. The third kappa shape index (κ3) is 5.59. The van der Waals surface area contributed by atoms with E-state index in [-0.39, 0.29) is 18.6 Å². The summed E-state index contributed by atoms with van der Waals surface area (Å²) in [7, 11) is 0. The first-order chi connectivity index (χ1) is 15.5. The van der Waals surface area contributed by atoms with E-state index >= 15 is 0 Å². The van der Waals surface area contributed by atoms with Gasteiger partial charge in [0.2, 0.25) is 5.89 Å². The predicted molar refractivity (Wildman–Crippen MR) is 122 cm³/mol. The lowest BCUT2D eigenvalue weighted by Crippen LogP contribution is -2.50. The van der Waals surface area contributed by atoms with E-state index in [0.717, 1.165) is 5.56 Å². The minimum Gasteiger partial charge on any atom is -0.482 e. The maximum absolute atomic E-state index is 12.5. The molecule has 0 aliphatic carbocycles. The van der Waals surface area contributed by atoms with Gasteiger partial charge in [-0.25, -0.2) is 0 Å². The molecule has 2 heterocycles. The number of hydrogen-bond donors (Lipinski definition) is 0. The van der Waals surface area contributed by atoms with Crippen molar-refractivity contribution in [3.8, 4) is 5.75 Å². The van der Waals surface area contributed by atoms with Crippen LogP contribution in [0.25, 0.3) is 0 Å². The molecule has 4 rings (SSSR count). The Kier molecular flexibility index (Phi) is 7.29. The first-order valence-corrected chi connectivity index (χ1v) is 11.2. The molecular weight excluding hydrogens is 451 g/mol. The highest BCUT2D eigenvalue weighted by atomic mass is 35.5. The van der Waals surface area contributed by atoms with Crippen LogP contribution in [0.2, 0.25) is 10.0 Å². The SMILES string of the molecule is C[C@H](c1nc(Cc2ccccc2)no1)N1CCN(C(=O)COc2ccc(Cl)cc2Cl)CC1. The summed E-state index contributed by atoms with van der Waals surface area (Å²) in [5.41, 5.74) is 1.14. The monoisotopic (exact) mass is 474 g/mol. The fourth-order valence-corrected chi connectivity index (χ4v) is 4.09. The van der Waals surface area contributed by atoms with E-state index in [1.807, 2.05) is 37.3 Å². The molecule has 0 bridgehead atoms. The average molecular weight is 475 g/mol. The first kappa shape index (κ1) is 22.6. The number of piperazine rings is 1. The van der Waals surface area contributed by atoms with E-state index in [4.69, 9.17) is 32.5 Å². The lowest BCUT2D eigenvalue weighted by molar-refractivity contribution is -0.135. The first-order valence-electron chi connectivity index (χ1n) is 10.5. The van der Waals surface area contributed by atoms with Crippen LogP contribution in [0.3, 0.4) is 0 Å². The molecule has 1 fully saturated rings. The zero-order chi connectivity index (χ0) is 22.5. The van der Waals surface area contributed by atoms with Gasteiger partial charge in [0, 0.05) is 37.6 Å². The zero-order valence-corrected chi connectivity index (χ0v) is 19.2. The Balaban J connectivity index is 1.26. The quantitative estimate of drug-likeness (QED) is 0.509. The van der Waals surface area contributed by atoms with Crippen molar-refractivity contribution in [3.05, 3.63) is 75.9 Å². The highest BCUT2D eigenvalue weighted by Gasteiger charge is 2.28. The lowest BCUT2D eigenvalue weighted by Gasteiger charge is -2.36. The Labute approximate surface area is 196 Å². The third-order valence-electron chi connectivity index (χ3n) is 5.51. The molecule has 32 heavy (non-hydrogen) atoms. The molecule has 1 atom stereocenters. The number of hydrogen-bond acceptors (Lipinski definition) is 6. The lowest BCUT2D eigenvalue weighted by atomic mass is 10.1. The van der Waals surface area contributed by atoms with E-state index in [9.17, 15) is 4.79 Å². The molecule has 2 aromatic carbocycles. The molecule has 0 spiro atoms. The summed E-state index contributed by atoms with van der Waals surface area (Å²) >= 11 is 12.0. The minimum atomic E-state index is -0.0775. The van der Waals surface area contributed by atoms with E-state index in [1.165, 1.54) is 0 Å². The molecule has 3 aromatic rings. The fourth-order valence-electron chi connectivity index (χ4n) is 3.63. The number of benzene rings is 2. The molecule has 168 valence electrons. The molecule has 1 saturated heterocycles. The second-order valence-electron chi connectivity index (χ2n) is 7.67. The Morgan fingerprint density at radius 3 is 2.59 bits per heavy atom. The van der Waals surface area contributed by atoms with Gasteiger partial charge in [0.1, 0.15) is 5.75 Å². The molecule has 1 amide bonds. The van der Waals surface area contributed by atoms with Crippen LogP contribution in [0.5, 0.6) is 5.75 Å². The van der Waals surface area contributed by atoms with Gasteiger partial charge in [0.25, 0.3) is 5.91 Å². The van der Waals surface area contributed by atoms with Crippen molar-refractivity contribution in [2.75, 3.05) is 32.8 Å². The van der Waals surface area contributed by atoms with E-state index < -0.39 is 0 Å². The summed E-state index contributed by atoms with van der Waals surface area (Å²) < 4.78 is 11.1. The molecule has 1 aliphatic heterocycles. The standard InChI is InChI=1S/C23H24Cl2N4O3/c1-16(23-26-21(27-32-23)13-17-5-3-2-4-6-17)28-9-11-29(12-10-28)22(30)15-31-20-8-7-18(24)14-19(20)25/h2-8,14,16H,9-13,15H2,1H3/t16-/m1/s1. The zero-order valence-electron chi connectivity index (χ0n) is 17.7. The molecule has 0 N–H and O–H groups in total. The molecular formula is C23H24Cl2N4O3. The van der Waals surface area contributed by atoms with Crippen LogP contribution >= 0.6 is 23.2 Å². The van der Waals surface area contributed by atoms with Gasteiger partial charge in [-0.1, -0.05) is 58.7 Å². The molecule has 1 aromatic heterocycles. The Bertz CT molecular complexity index is 1050. The largest absolute Gasteiger partial charge is 0.482 e. The summed E-state index contributed by atoms with van der Waals surface area (Å²) in [4.78, 5) is 21.1. The fraction of sp³-hybridized carbons (Fsp3) is 0.348. The predicted octanol–water partition coefficient (Wildman–Crippen LogP) is 4.25. The average Bonchev–Trinajstić information content (AvgIpc) is 3.27. The summed E-state index contributed by atoms with van der Waals surface area (Å²) in [5.74, 6) is 1.63. The van der Waals surface area contributed by atoms with Crippen molar-refractivity contribution in [2.24, 2.45) is 0 Å². The molecule has 0 saturated carbocycles. The van der Waals surface area contributed by atoms with E-state index in [1.54, 1.807) is 23.1 Å². The van der Waals surface area contributed by atoms with E-state index in [2.05, 4.69) is 15.0 Å². The topological polar surface area (TPSA) is 71.7 Å². The summed E-state index contributed by atoms with van der Waals surface area (Å²) in [6, 6.07) is 15.0. The van der Waals surface area contributed by atoms with Gasteiger partial charge in [-0.05, 0) is 30.7 Å². The number of halogens is 2. The summed E-state index contributed by atoms with van der Waals surface area (Å²) in [6.45, 7) is 4.61. The maximum Gasteiger partial charge on any atom is 0.260 e. The normalized spacial score (nSPS) is 15.5. The highest BCUT2D eigenvalue weighted by molar-refractivity contribution is 6.35. The van der Waals surface area contributed by atoms with Crippen molar-refractivity contribution in [1.29, 1.82) is 0 Å². The smallest absolute Gasteiger partial charge is 0.260 e. The second kappa shape index (κ2) is 10.3. The number of aromatic nitrogens is 2. The van der Waals surface area contributed by atoms with Crippen LogP contribution in [0.1, 0.15) is 30.2 Å². The molecule has 0 unspecified atom stereocenters. The molecule has 9 heteroatoms. The van der Waals surface area contributed by atoms with Crippen molar-refractivity contribution in [1.82, 2.24) is 19.9 Å².